The minimum Gasteiger partial charge on any atom is -0.349 e. The zero-order chi connectivity index (χ0) is 11.4. The zero-order valence-corrected chi connectivity index (χ0v) is 10.3. The van der Waals surface area contributed by atoms with Gasteiger partial charge in [0.05, 0.1) is 5.56 Å². The number of H-pyrrole nitrogens is 1. The third kappa shape index (κ3) is 2.45. The molecule has 0 saturated heterocycles. The fraction of sp³-hybridized carbons (Fsp3) is 0.500. The molecule has 0 saturated carbocycles. The molecule has 0 bridgehead atoms. The van der Waals surface area contributed by atoms with Gasteiger partial charge >= 0.3 is 0 Å². The van der Waals surface area contributed by atoms with Gasteiger partial charge in [-0.2, -0.15) is 5.26 Å². The topological polar surface area (TPSA) is 39.6 Å². The lowest BCUT2D eigenvalue weighted by atomic mass is 9.99. The van der Waals surface area contributed by atoms with Gasteiger partial charge in [-0.3, -0.25) is 0 Å². The second kappa shape index (κ2) is 5.09. The molecule has 0 aliphatic heterocycles. The van der Waals surface area contributed by atoms with Crippen LogP contribution in [0.1, 0.15) is 42.1 Å². The molecule has 0 aromatic carbocycles. The lowest BCUT2D eigenvalue weighted by Crippen LogP contribution is -2.01. The first kappa shape index (κ1) is 11.9. The maximum Gasteiger partial charge on any atom is 0.121 e. The van der Waals surface area contributed by atoms with E-state index in [1.54, 1.807) is 0 Å². The summed E-state index contributed by atoms with van der Waals surface area (Å²) in [6.07, 6.45) is 3.34. The van der Waals surface area contributed by atoms with Crippen LogP contribution in [0.4, 0.5) is 0 Å². The van der Waals surface area contributed by atoms with E-state index in [1.807, 2.05) is 13.8 Å². The molecule has 1 aromatic heterocycles. The number of nitrogens with one attached hydrogen (secondary N) is 1. The number of rotatable bonds is 3. The Hall–Kier alpha value is -1.14. The SMILES string of the molecule is CCCCc1c(C)[nH]c(=S)c(C#N)c1C. The Morgan fingerprint density at radius 3 is 2.60 bits per heavy atom. The third-order valence-corrected chi connectivity index (χ3v) is 3.01. The maximum atomic E-state index is 9.00. The van der Waals surface area contributed by atoms with Crippen molar-refractivity contribution >= 4 is 12.2 Å². The van der Waals surface area contributed by atoms with Gasteiger partial charge in [0.25, 0.3) is 0 Å². The number of nitriles is 1. The normalized spacial score (nSPS) is 10.0. The molecule has 15 heavy (non-hydrogen) atoms. The van der Waals surface area contributed by atoms with Crippen LogP contribution in [0.3, 0.4) is 0 Å². The Morgan fingerprint density at radius 2 is 2.07 bits per heavy atom. The van der Waals surface area contributed by atoms with E-state index >= 15 is 0 Å². The van der Waals surface area contributed by atoms with Crippen LogP contribution in [-0.4, -0.2) is 4.98 Å². The molecular weight excluding hydrogens is 204 g/mol. The second-order valence-electron chi connectivity index (χ2n) is 3.77. The average Bonchev–Trinajstić information content (AvgIpc) is 2.17. The van der Waals surface area contributed by atoms with Crippen LogP contribution in [0.15, 0.2) is 0 Å². The molecule has 1 heterocycles. The van der Waals surface area contributed by atoms with Crippen molar-refractivity contribution in [1.29, 1.82) is 5.26 Å². The summed E-state index contributed by atoms with van der Waals surface area (Å²) in [5.41, 5.74) is 4.03. The molecule has 1 N–H and O–H groups in total. The first-order chi connectivity index (χ1) is 7.11. The molecule has 1 rings (SSSR count). The average molecular weight is 220 g/mol. The first-order valence-corrected chi connectivity index (χ1v) is 5.65. The van der Waals surface area contributed by atoms with E-state index in [9.17, 15) is 0 Å². The Morgan fingerprint density at radius 1 is 1.40 bits per heavy atom. The van der Waals surface area contributed by atoms with Crippen molar-refractivity contribution in [2.45, 2.75) is 40.0 Å². The van der Waals surface area contributed by atoms with Gasteiger partial charge in [-0.15, -0.1) is 0 Å². The number of hydrogen-bond donors (Lipinski definition) is 1. The molecule has 0 aliphatic rings. The highest BCUT2D eigenvalue weighted by molar-refractivity contribution is 7.71. The summed E-state index contributed by atoms with van der Waals surface area (Å²) in [5.74, 6) is 0. The van der Waals surface area contributed by atoms with Gasteiger partial charge < -0.3 is 4.98 Å². The van der Waals surface area contributed by atoms with Crippen LogP contribution in [0.2, 0.25) is 0 Å². The van der Waals surface area contributed by atoms with Crippen molar-refractivity contribution in [3.05, 3.63) is 27.0 Å². The van der Waals surface area contributed by atoms with Crippen LogP contribution in [0, 0.1) is 29.8 Å². The van der Waals surface area contributed by atoms with Crippen LogP contribution in [0.25, 0.3) is 0 Å². The molecule has 0 fully saturated rings. The van der Waals surface area contributed by atoms with E-state index in [4.69, 9.17) is 17.5 Å². The summed E-state index contributed by atoms with van der Waals surface area (Å²) in [5, 5.41) is 9.00. The highest BCUT2D eigenvalue weighted by Crippen LogP contribution is 2.18. The molecule has 0 radical (unpaired) electrons. The van der Waals surface area contributed by atoms with Crippen molar-refractivity contribution in [3.63, 3.8) is 0 Å². The Balaban J connectivity index is 3.28. The monoisotopic (exact) mass is 220 g/mol. The van der Waals surface area contributed by atoms with Gasteiger partial charge in [-0.05, 0) is 37.8 Å². The van der Waals surface area contributed by atoms with Crippen molar-refractivity contribution in [2.75, 3.05) is 0 Å². The second-order valence-corrected chi connectivity index (χ2v) is 4.18. The molecule has 0 spiro atoms. The zero-order valence-electron chi connectivity index (χ0n) is 9.48. The van der Waals surface area contributed by atoms with Crippen LogP contribution >= 0.6 is 12.2 Å². The molecule has 3 heteroatoms. The molecule has 80 valence electrons. The van der Waals surface area contributed by atoms with Crippen molar-refractivity contribution in [2.24, 2.45) is 0 Å². The number of aromatic amines is 1. The van der Waals surface area contributed by atoms with Crippen LogP contribution in [-0.2, 0) is 6.42 Å². The summed E-state index contributed by atoms with van der Waals surface area (Å²) >= 11 is 5.12. The molecule has 0 unspecified atom stereocenters. The lowest BCUT2D eigenvalue weighted by molar-refractivity contribution is 0.780. The molecular formula is C12H16N2S. The number of nitrogens with zero attached hydrogens (tertiary/aromatic N) is 1. The van der Waals surface area contributed by atoms with Crippen LogP contribution in [0.5, 0.6) is 0 Å². The number of unbranched alkanes of at least 4 members (excludes halogenated alkanes) is 1. The summed E-state index contributed by atoms with van der Waals surface area (Å²) in [6.45, 7) is 6.18. The Kier molecular flexibility index (Phi) is 4.05. The highest BCUT2D eigenvalue weighted by atomic mass is 32.1. The molecule has 0 amide bonds. The van der Waals surface area contributed by atoms with Crippen molar-refractivity contribution < 1.29 is 0 Å². The highest BCUT2D eigenvalue weighted by Gasteiger charge is 2.09. The minimum atomic E-state index is 0.563. The quantitative estimate of drug-likeness (QED) is 0.791. The summed E-state index contributed by atoms with van der Waals surface area (Å²) < 4.78 is 0.563. The molecule has 1 aromatic rings. The van der Waals surface area contributed by atoms with Crippen LogP contribution < -0.4 is 0 Å². The number of hydrogen-bond acceptors (Lipinski definition) is 2. The standard InChI is InChI=1S/C12H16N2S/c1-4-5-6-10-8(2)11(7-13)12(15)14-9(10)3/h4-6H2,1-3H3,(H,14,15). The summed E-state index contributed by atoms with van der Waals surface area (Å²) in [4.78, 5) is 3.10. The predicted octanol–water partition coefficient (Wildman–Crippen LogP) is 3.58. The van der Waals surface area contributed by atoms with E-state index in [0.717, 1.165) is 30.5 Å². The predicted molar refractivity (Wildman–Crippen MR) is 64.4 cm³/mol. The first-order valence-electron chi connectivity index (χ1n) is 5.24. The summed E-state index contributed by atoms with van der Waals surface area (Å²) in [7, 11) is 0. The van der Waals surface area contributed by atoms with Gasteiger partial charge in [0.2, 0.25) is 0 Å². The van der Waals surface area contributed by atoms with Gasteiger partial charge in [0.1, 0.15) is 10.7 Å². The fourth-order valence-electron chi connectivity index (χ4n) is 1.77. The number of aromatic nitrogens is 1. The van der Waals surface area contributed by atoms with Gasteiger partial charge in [0.15, 0.2) is 0 Å². The van der Waals surface area contributed by atoms with Gasteiger partial charge in [-0.1, -0.05) is 25.6 Å². The Bertz CT molecular complexity index is 452. The number of pyridine rings is 1. The van der Waals surface area contributed by atoms with Crippen molar-refractivity contribution in [1.82, 2.24) is 4.98 Å². The van der Waals surface area contributed by atoms with E-state index in [0.29, 0.717) is 10.2 Å². The molecule has 0 aliphatic carbocycles. The lowest BCUT2D eigenvalue weighted by Gasteiger charge is -2.10. The summed E-state index contributed by atoms with van der Waals surface area (Å²) in [6, 6.07) is 2.17. The van der Waals surface area contributed by atoms with E-state index < -0.39 is 0 Å². The third-order valence-electron chi connectivity index (χ3n) is 2.70. The maximum absolute atomic E-state index is 9.00. The minimum absolute atomic E-state index is 0.563. The molecule has 2 nitrogen and oxygen atoms in total. The van der Waals surface area contributed by atoms with Gasteiger partial charge in [-0.25, -0.2) is 0 Å². The van der Waals surface area contributed by atoms with E-state index in [1.165, 1.54) is 5.56 Å². The smallest absolute Gasteiger partial charge is 0.121 e. The van der Waals surface area contributed by atoms with Crippen molar-refractivity contribution in [3.8, 4) is 6.07 Å². The largest absolute Gasteiger partial charge is 0.349 e. The van der Waals surface area contributed by atoms with Gasteiger partial charge in [0, 0.05) is 5.69 Å². The van der Waals surface area contributed by atoms with E-state index in [-0.39, 0.29) is 0 Å². The molecule has 0 atom stereocenters. The fourth-order valence-corrected chi connectivity index (χ4v) is 2.13. The Labute approximate surface area is 96.0 Å². The number of aryl methyl sites for hydroxylation is 1. The van der Waals surface area contributed by atoms with E-state index in [2.05, 4.69) is 18.0 Å².